The summed E-state index contributed by atoms with van der Waals surface area (Å²) in [5.74, 6) is 0.0450. The molecule has 2 heterocycles. The second kappa shape index (κ2) is 10.5. The number of likely N-dealkylation sites (tertiary alicyclic amines) is 1. The number of nitrogens with one attached hydrogen (secondary N) is 2. The minimum absolute atomic E-state index is 0.0578. The number of nitrogens with zero attached hydrogens (tertiary/aromatic N) is 2. The van der Waals surface area contributed by atoms with Crippen LogP contribution in [-0.2, 0) is 26.0 Å². The number of amides is 4. The van der Waals surface area contributed by atoms with Gasteiger partial charge in [0.2, 0.25) is 5.91 Å². The van der Waals surface area contributed by atoms with E-state index >= 15 is 0 Å². The third kappa shape index (κ3) is 5.76. The molecular formula is C28H34N4O5S. The van der Waals surface area contributed by atoms with Gasteiger partial charge in [0, 0.05) is 31.8 Å². The highest BCUT2D eigenvalue weighted by molar-refractivity contribution is 7.90. The van der Waals surface area contributed by atoms with E-state index in [9.17, 15) is 22.8 Å². The molecule has 38 heavy (non-hydrogen) atoms. The van der Waals surface area contributed by atoms with Crippen molar-refractivity contribution in [1.29, 1.82) is 0 Å². The maximum absolute atomic E-state index is 13.4. The van der Waals surface area contributed by atoms with Crippen molar-refractivity contribution < 1.29 is 22.8 Å². The summed E-state index contributed by atoms with van der Waals surface area (Å²) in [5.41, 5.74) is 0.878. The lowest BCUT2D eigenvalue weighted by molar-refractivity contribution is -0.133. The number of carbonyl (C=O) groups is 3. The maximum Gasteiger partial charge on any atom is 0.325 e. The van der Waals surface area contributed by atoms with E-state index in [-0.39, 0.29) is 35.2 Å². The highest BCUT2D eigenvalue weighted by Crippen LogP contribution is 2.32. The molecule has 3 fully saturated rings. The first kappa shape index (κ1) is 26.4. The lowest BCUT2D eigenvalue weighted by Gasteiger charge is -2.37. The normalized spacial score (nSPS) is 20.4. The van der Waals surface area contributed by atoms with Gasteiger partial charge in [-0.2, -0.15) is 0 Å². The number of benzene rings is 2. The van der Waals surface area contributed by atoms with Gasteiger partial charge in [-0.3, -0.25) is 14.5 Å². The highest BCUT2D eigenvalue weighted by atomic mass is 32.2. The van der Waals surface area contributed by atoms with Crippen LogP contribution in [0.4, 0.5) is 4.79 Å². The van der Waals surface area contributed by atoms with Crippen LogP contribution in [0.1, 0.15) is 49.3 Å². The fourth-order valence-electron chi connectivity index (χ4n) is 5.30. The molecule has 0 radical (unpaired) electrons. The number of rotatable bonds is 9. The summed E-state index contributed by atoms with van der Waals surface area (Å²) in [4.78, 5) is 42.3. The van der Waals surface area contributed by atoms with Crippen LogP contribution in [0.5, 0.6) is 0 Å². The van der Waals surface area contributed by atoms with Gasteiger partial charge >= 0.3 is 6.03 Å². The molecule has 1 aliphatic carbocycles. The molecule has 2 N–H and O–H groups in total. The van der Waals surface area contributed by atoms with Crippen LogP contribution in [0.25, 0.3) is 0 Å². The first-order valence-electron chi connectivity index (χ1n) is 13.2. The van der Waals surface area contributed by atoms with Gasteiger partial charge in [0.1, 0.15) is 5.54 Å². The lowest BCUT2D eigenvalue weighted by atomic mass is 9.87. The Hall–Kier alpha value is -3.24. The average Bonchev–Trinajstić information content (AvgIpc) is 3.73. The van der Waals surface area contributed by atoms with Gasteiger partial charge in [-0.15, -0.1) is 0 Å². The number of urea groups is 1. The molecule has 2 saturated heterocycles. The Labute approximate surface area is 223 Å². The fraction of sp³-hybridized carbons (Fsp3) is 0.464. The van der Waals surface area contributed by atoms with Crippen LogP contribution in [-0.4, -0.2) is 67.5 Å². The smallest absolute Gasteiger partial charge is 0.325 e. The summed E-state index contributed by atoms with van der Waals surface area (Å²) in [5, 5.41) is 6.16. The molecule has 0 aromatic heterocycles. The minimum atomic E-state index is -3.31. The molecule has 1 atom stereocenters. The maximum atomic E-state index is 13.4. The monoisotopic (exact) mass is 538 g/mol. The molecule has 5 rings (SSSR count). The van der Waals surface area contributed by atoms with Crippen LogP contribution >= 0.6 is 0 Å². The second-order valence-electron chi connectivity index (χ2n) is 10.7. The third-order valence-electron chi connectivity index (χ3n) is 7.85. The predicted octanol–water partition coefficient (Wildman–Crippen LogP) is 2.63. The molecule has 2 aliphatic heterocycles. The number of hydrogen-bond acceptors (Lipinski definition) is 6. The van der Waals surface area contributed by atoms with Crippen LogP contribution in [0.15, 0.2) is 59.5 Å². The van der Waals surface area contributed by atoms with Crippen molar-refractivity contribution in [3.8, 4) is 0 Å². The summed E-state index contributed by atoms with van der Waals surface area (Å²) in [6.45, 7) is 2.21. The van der Waals surface area contributed by atoms with Gasteiger partial charge < -0.3 is 15.5 Å². The molecule has 1 saturated carbocycles. The van der Waals surface area contributed by atoms with Crippen LogP contribution in [0, 0.1) is 5.92 Å². The Morgan fingerprint density at radius 2 is 1.71 bits per heavy atom. The van der Waals surface area contributed by atoms with E-state index in [1.165, 1.54) is 17.0 Å². The minimum Gasteiger partial charge on any atom is -0.349 e. The SMILES string of the molecule is CS(=O)(=O)c1ccc(CN2C(=O)NC3(CCN(CC[C@H](NC(=O)C4CC4)c4ccccc4)CC3)C2=O)cc1. The zero-order valence-corrected chi connectivity index (χ0v) is 22.4. The lowest BCUT2D eigenvalue weighted by Crippen LogP contribution is -2.55. The van der Waals surface area contributed by atoms with Crippen molar-refractivity contribution in [2.75, 3.05) is 25.9 Å². The zero-order chi connectivity index (χ0) is 26.9. The van der Waals surface area contributed by atoms with E-state index in [0.717, 1.165) is 37.6 Å². The van der Waals surface area contributed by atoms with E-state index in [0.29, 0.717) is 31.5 Å². The van der Waals surface area contributed by atoms with Crippen molar-refractivity contribution in [2.45, 2.75) is 55.1 Å². The molecule has 10 heteroatoms. The molecule has 9 nitrogen and oxygen atoms in total. The van der Waals surface area contributed by atoms with E-state index in [2.05, 4.69) is 15.5 Å². The van der Waals surface area contributed by atoms with Gasteiger partial charge in [0.15, 0.2) is 9.84 Å². The Balaban J connectivity index is 1.17. The summed E-state index contributed by atoms with van der Waals surface area (Å²) in [7, 11) is -3.31. The molecule has 0 unspecified atom stereocenters. The Bertz CT molecular complexity index is 1300. The summed E-state index contributed by atoms with van der Waals surface area (Å²) in [6.07, 6.45) is 4.87. The summed E-state index contributed by atoms with van der Waals surface area (Å²) < 4.78 is 23.4. The Morgan fingerprint density at radius 3 is 2.32 bits per heavy atom. The Morgan fingerprint density at radius 1 is 1.05 bits per heavy atom. The van der Waals surface area contributed by atoms with E-state index < -0.39 is 21.4 Å². The first-order valence-corrected chi connectivity index (χ1v) is 15.0. The molecule has 2 aromatic rings. The van der Waals surface area contributed by atoms with E-state index in [1.54, 1.807) is 12.1 Å². The predicted molar refractivity (Wildman–Crippen MR) is 142 cm³/mol. The van der Waals surface area contributed by atoms with Crippen LogP contribution < -0.4 is 10.6 Å². The largest absolute Gasteiger partial charge is 0.349 e. The quantitative estimate of drug-likeness (QED) is 0.475. The zero-order valence-electron chi connectivity index (χ0n) is 21.6. The van der Waals surface area contributed by atoms with Crippen molar-refractivity contribution in [3.63, 3.8) is 0 Å². The first-order chi connectivity index (χ1) is 18.1. The topological polar surface area (TPSA) is 116 Å². The Kier molecular flexibility index (Phi) is 7.28. The second-order valence-corrected chi connectivity index (χ2v) is 12.7. The van der Waals surface area contributed by atoms with Gasteiger partial charge in [-0.25, -0.2) is 13.2 Å². The van der Waals surface area contributed by atoms with Crippen molar-refractivity contribution in [3.05, 3.63) is 65.7 Å². The molecular weight excluding hydrogens is 504 g/mol. The molecule has 4 amide bonds. The fourth-order valence-corrected chi connectivity index (χ4v) is 5.93. The van der Waals surface area contributed by atoms with Crippen molar-refractivity contribution >= 4 is 27.7 Å². The molecule has 1 spiro atoms. The van der Waals surface area contributed by atoms with Gasteiger partial charge in [-0.05, 0) is 55.4 Å². The number of sulfone groups is 1. The van der Waals surface area contributed by atoms with Gasteiger partial charge in [0.25, 0.3) is 5.91 Å². The van der Waals surface area contributed by atoms with E-state index in [1.807, 2.05) is 30.3 Å². The number of carbonyl (C=O) groups excluding carboxylic acids is 3. The third-order valence-corrected chi connectivity index (χ3v) is 8.98. The number of piperidine rings is 1. The van der Waals surface area contributed by atoms with Gasteiger partial charge in [-0.1, -0.05) is 42.5 Å². The van der Waals surface area contributed by atoms with Gasteiger partial charge in [0.05, 0.1) is 17.5 Å². The van der Waals surface area contributed by atoms with Crippen molar-refractivity contribution in [2.24, 2.45) is 5.92 Å². The molecule has 202 valence electrons. The van der Waals surface area contributed by atoms with Crippen LogP contribution in [0.3, 0.4) is 0 Å². The molecule has 2 aromatic carbocycles. The van der Waals surface area contributed by atoms with Crippen molar-refractivity contribution in [1.82, 2.24) is 20.4 Å². The standard InChI is InChI=1S/C28H34N4O5S/c1-38(36,37)23-11-7-20(8-12-23)19-32-26(34)28(30-27(32)35)14-17-31(18-15-28)16-13-24(21-5-3-2-4-6-21)29-25(33)22-9-10-22/h2-8,11-12,22,24H,9-10,13-19H2,1H3,(H,29,33)(H,30,35)/t24-/m0/s1. The molecule has 3 aliphatic rings. The highest BCUT2D eigenvalue weighted by Gasteiger charge is 2.52. The summed E-state index contributed by atoms with van der Waals surface area (Å²) in [6, 6.07) is 15.8. The number of hydrogen-bond donors (Lipinski definition) is 2. The van der Waals surface area contributed by atoms with Crippen LogP contribution in [0.2, 0.25) is 0 Å². The van der Waals surface area contributed by atoms with E-state index in [4.69, 9.17) is 0 Å². The summed E-state index contributed by atoms with van der Waals surface area (Å²) >= 11 is 0. The number of imide groups is 1. The average molecular weight is 539 g/mol. The molecule has 0 bridgehead atoms.